The summed E-state index contributed by atoms with van der Waals surface area (Å²) in [4.78, 5) is 10.8. The van der Waals surface area contributed by atoms with E-state index >= 15 is 0 Å². The summed E-state index contributed by atoms with van der Waals surface area (Å²) in [6, 6.07) is 0. The van der Waals surface area contributed by atoms with Crippen LogP contribution in [0.2, 0.25) is 0 Å². The molecule has 0 aliphatic rings. The molecule has 0 N–H and O–H groups in total. The molecule has 0 spiro atoms. The van der Waals surface area contributed by atoms with Gasteiger partial charge >= 0.3 is 0 Å². The molecule has 0 aromatic carbocycles. The summed E-state index contributed by atoms with van der Waals surface area (Å²) in [5.41, 5.74) is 0.257. The van der Waals surface area contributed by atoms with Crippen LogP contribution in [-0.4, -0.2) is 4.57 Å². The highest BCUT2D eigenvalue weighted by Gasteiger charge is 1.94. The second-order valence-corrected chi connectivity index (χ2v) is 1.78. The monoisotopic (exact) mass is 125 g/mol. The summed E-state index contributed by atoms with van der Waals surface area (Å²) < 4.78 is 6.08. The van der Waals surface area contributed by atoms with Crippen molar-refractivity contribution in [2.24, 2.45) is 7.05 Å². The van der Waals surface area contributed by atoms with Crippen LogP contribution in [0.25, 0.3) is 13.2 Å². The molecule has 0 aliphatic carbocycles. The Labute approximate surface area is 51.5 Å². The van der Waals surface area contributed by atoms with Gasteiger partial charge in [0.05, 0.1) is 0 Å². The molecule has 3 heteroatoms. The van der Waals surface area contributed by atoms with Crippen LogP contribution in [0.4, 0.5) is 0 Å². The molecule has 1 heterocycles. The van der Waals surface area contributed by atoms with Gasteiger partial charge in [-0.05, 0) is 6.58 Å². The minimum Gasteiger partial charge on any atom is -0.436 e. The predicted octanol–water partition coefficient (Wildman–Crippen LogP) is -1.20. The lowest BCUT2D eigenvalue weighted by Gasteiger charge is -1.78. The topological polar surface area (TPSA) is 35.1 Å². The highest BCUT2D eigenvalue weighted by molar-refractivity contribution is 4.93. The van der Waals surface area contributed by atoms with Gasteiger partial charge in [0.15, 0.2) is 11.0 Å². The SMILES string of the molecule is C=c1oc(=C)n(C)c1=O. The quantitative estimate of drug-likeness (QED) is 0.436. The number of hydrogen-bond acceptors (Lipinski definition) is 2. The van der Waals surface area contributed by atoms with Crippen molar-refractivity contribution in [2.75, 3.05) is 0 Å². The maximum atomic E-state index is 10.8. The van der Waals surface area contributed by atoms with Gasteiger partial charge in [-0.3, -0.25) is 9.36 Å². The van der Waals surface area contributed by atoms with Crippen LogP contribution in [0.1, 0.15) is 0 Å². The fourth-order valence-corrected chi connectivity index (χ4v) is 0.555. The normalized spacial score (nSPS) is 9.89. The van der Waals surface area contributed by atoms with Gasteiger partial charge in [-0.15, -0.1) is 0 Å². The molecular formula is C6H7NO2. The molecule has 9 heavy (non-hydrogen) atoms. The van der Waals surface area contributed by atoms with E-state index in [9.17, 15) is 4.79 Å². The average Bonchev–Trinajstić information content (AvgIpc) is 1.98. The zero-order chi connectivity index (χ0) is 7.02. The molecule has 0 amide bonds. The van der Waals surface area contributed by atoms with Gasteiger partial charge in [-0.2, -0.15) is 0 Å². The first-order valence-corrected chi connectivity index (χ1v) is 2.46. The van der Waals surface area contributed by atoms with E-state index in [4.69, 9.17) is 4.42 Å². The van der Waals surface area contributed by atoms with Gasteiger partial charge in [-0.1, -0.05) is 6.58 Å². The third-order valence-corrected chi connectivity index (χ3v) is 1.16. The Kier molecular flexibility index (Phi) is 1.06. The highest BCUT2D eigenvalue weighted by Crippen LogP contribution is 1.51. The Morgan fingerprint density at radius 3 is 2.22 bits per heavy atom. The van der Waals surface area contributed by atoms with Gasteiger partial charge in [0, 0.05) is 7.05 Å². The molecule has 0 saturated carbocycles. The van der Waals surface area contributed by atoms with E-state index in [2.05, 4.69) is 13.2 Å². The van der Waals surface area contributed by atoms with Crippen LogP contribution in [0.5, 0.6) is 0 Å². The molecule has 0 radical (unpaired) electrons. The Morgan fingerprint density at radius 2 is 2.11 bits per heavy atom. The van der Waals surface area contributed by atoms with Crippen LogP contribution >= 0.6 is 0 Å². The van der Waals surface area contributed by atoms with Gasteiger partial charge in [0.1, 0.15) is 0 Å². The molecule has 0 bridgehead atoms. The van der Waals surface area contributed by atoms with Crippen molar-refractivity contribution in [3.05, 3.63) is 21.3 Å². The van der Waals surface area contributed by atoms with Crippen LogP contribution in [-0.2, 0) is 7.05 Å². The lowest BCUT2D eigenvalue weighted by molar-refractivity contribution is 0.478. The molecule has 0 atom stereocenters. The second-order valence-electron chi connectivity index (χ2n) is 1.78. The van der Waals surface area contributed by atoms with E-state index in [0.29, 0.717) is 5.55 Å². The Bertz CT molecular complexity index is 357. The van der Waals surface area contributed by atoms with E-state index in [1.165, 1.54) is 4.57 Å². The van der Waals surface area contributed by atoms with E-state index in [1.54, 1.807) is 7.05 Å². The van der Waals surface area contributed by atoms with Crippen LogP contribution < -0.4 is 16.5 Å². The lowest BCUT2D eigenvalue weighted by Crippen LogP contribution is -2.27. The lowest BCUT2D eigenvalue weighted by atomic mass is 10.7. The zero-order valence-electron chi connectivity index (χ0n) is 5.18. The number of hydrogen-bond donors (Lipinski definition) is 0. The van der Waals surface area contributed by atoms with Crippen molar-refractivity contribution >= 4 is 13.2 Å². The number of rotatable bonds is 0. The van der Waals surface area contributed by atoms with Gasteiger partial charge in [0.2, 0.25) is 0 Å². The third-order valence-electron chi connectivity index (χ3n) is 1.16. The van der Waals surface area contributed by atoms with Crippen LogP contribution in [0, 0.1) is 0 Å². The summed E-state index contributed by atoms with van der Waals surface area (Å²) >= 11 is 0. The summed E-state index contributed by atoms with van der Waals surface area (Å²) in [5, 5.41) is 0. The third kappa shape index (κ3) is 0.700. The van der Waals surface area contributed by atoms with Crippen molar-refractivity contribution in [2.45, 2.75) is 0 Å². The summed E-state index contributed by atoms with van der Waals surface area (Å²) in [5.74, 6) is 0. The second kappa shape index (κ2) is 1.62. The first-order valence-electron chi connectivity index (χ1n) is 2.46. The molecule has 1 aromatic heterocycles. The Balaban J connectivity index is 3.90. The first kappa shape index (κ1) is 5.88. The van der Waals surface area contributed by atoms with Gasteiger partial charge < -0.3 is 4.42 Å². The minimum atomic E-state index is -0.222. The molecule has 0 fully saturated rings. The van der Waals surface area contributed by atoms with E-state index in [0.717, 1.165) is 0 Å². The van der Waals surface area contributed by atoms with Crippen molar-refractivity contribution in [3.8, 4) is 0 Å². The molecule has 1 rings (SSSR count). The van der Waals surface area contributed by atoms with E-state index < -0.39 is 0 Å². The zero-order valence-corrected chi connectivity index (χ0v) is 5.18. The van der Waals surface area contributed by atoms with Crippen molar-refractivity contribution in [1.29, 1.82) is 0 Å². The summed E-state index contributed by atoms with van der Waals surface area (Å²) in [6.45, 7) is 6.82. The standard InChI is InChI=1S/C6H7NO2/c1-4-6(8)7(3)5(2)9-4/h1-2H2,3H3. The fourth-order valence-electron chi connectivity index (χ4n) is 0.555. The molecule has 0 saturated heterocycles. The first-order chi connectivity index (χ1) is 4.13. The maximum absolute atomic E-state index is 10.8. The summed E-state index contributed by atoms with van der Waals surface area (Å²) in [7, 11) is 1.59. The smallest absolute Gasteiger partial charge is 0.295 e. The van der Waals surface area contributed by atoms with Crippen LogP contribution in [0.3, 0.4) is 0 Å². The van der Waals surface area contributed by atoms with Crippen molar-refractivity contribution < 1.29 is 4.42 Å². The fraction of sp³-hybridized carbons (Fsp3) is 0.167. The Hall–Kier alpha value is -1.25. The largest absolute Gasteiger partial charge is 0.436 e. The van der Waals surface area contributed by atoms with Gasteiger partial charge in [-0.25, -0.2) is 0 Å². The molecule has 3 nitrogen and oxygen atoms in total. The molecule has 1 aromatic rings. The van der Waals surface area contributed by atoms with E-state index in [1.807, 2.05) is 0 Å². The Morgan fingerprint density at radius 1 is 1.56 bits per heavy atom. The molecule has 48 valence electrons. The van der Waals surface area contributed by atoms with Gasteiger partial charge in [0.25, 0.3) is 5.56 Å². The molecule has 0 aliphatic heterocycles. The highest BCUT2D eigenvalue weighted by atomic mass is 16.3. The number of oxazole rings is 1. The predicted molar refractivity (Wildman–Crippen MR) is 34.2 cm³/mol. The number of nitrogens with zero attached hydrogens (tertiary/aromatic N) is 1. The minimum absolute atomic E-state index is 0.141. The summed E-state index contributed by atoms with van der Waals surface area (Å²) in [6.07, 6.45) is 0. The number of aromatic nitrogens is 1. The maximum Gasteiger partial charge on any atom is 0.295 e. The van der Waals surface area contributed by atoms with Crippen molar-refractivity contribution in [3.63, 3.8) is 0 Å². The molecule has 0 unspecified atom stereocenters. The van der Waals surface area contributed by atoms with E-state index in [-0.39, 0.29) is 11.0 Å². The average molecular weight is 125 g/mol. The molecular weight excluding hydrogens is 118 g/mol. The van der Waals surface area contributed by atoms with Crippen molar-refractivity contribution in [1.82, 2.24) is 4.57 Å². The van der Waals surface area contributed by atoms with Crippen LogP contribution in [0.15, 0.2) is 9.21 Å².